The number of oxazole rings is 1. The summed E-state index contributed by atoms with van der Waals surface area (Å²) in [5, 5.41) is 9.58. The van der Waals surface area contributed by atoms with Crippen LogP contribution in [0.4, 0.5) is 0 Å². The first kappa shape index (κ1) is 15.1. The van der Waals surface area contributed by atoms with Gasteiger partial charge in [0.25, 0.3) is 0 Å². The zero-order chi connectivity index (χ0) is 16.2. The van der Waals surface area contributed by atoms with Gasteiger partial charge in [-0.2, -0.15) is 5.26 Å². The molecule has 0 fully saturated rings. The van der Waals surface area contributed by atoms with Gasteiger partial charge >= 0.3 is 0 Å². The number of pyridine rings is 1. The van der Waals surface area contributed by atoms with Crippen molar-refractivity contribution in [2.45, 2.75) is 13.5 Å². The molecule has 0 N–H and O–H groups in total. The fourth-order valence-electron chi connectivity index (χ4n) is 2.05. The zero-order valence-corrected chi connectivity index (χ0v) is 13.0. The van der Waals surface area contributed by atoms with Gasteiger partial charge in [0.15, 0.2) is 11.4 Å². The van der Waals surface area contributed by atoms with E-state index in [1.807, 2.05) is 24.3 Å². The SMILES string of the molecule is Cc1oc(-c2ccccc2Cl)nc1COc1cccnc1C#N. The van der Waals surface area contributed by atoms with Crippen LogP contribution in [0.3, 0.4) is 0 Å². The molecular weight excluding hydrogens is 314 g/mol. The molecule has 0 radical (unpaired) electrons. The van der Waals surface area contributed by atoms with Crippen LogP contribution in [-0.2, 0) is 6.61 Å². The van der Waals surface area contributed by atoms with E-state index in [9.17, 15) is 0 Å². The lowest BCUT2D eigenvalue weighted by atomic mass is 10.2. The Kier molecular flexibility index (Phi) is 4.26. The number of aromatic nitrogens is 2. The van der Waals surface area contributed by atoms with Gasteiger partial charge in [0, 0.05) is 6.20 Å². The van der Waals surface area contributed by atoms with E-state index in [0.717, 1.165) is 5.56 Å². The third-order valence-electron chi connectivity index (χ3n) is 3.24. The number of halogens is 1. The molecule has 0 aliphatic rings. The Morgan fingerprint density at radius 1 is 1.26 bits per heavy atom. The minimum Gasteiger partial charge on any atom is -0.484 e. The maximum absolute atomic E-state index is 9.01. The van der Waals surface area contributed by atoms with Crippen molar-refractivity contribution in [3.05, 3.63) is 64.8 Å². The summed E-state index contributed by atoms with van der Waals surface area (Å²) in [5.74, 6) is 1.50. The van der Waals surface area contributed by atoms with E-state index in [-0.39, 0.29) is 12.3 Å². The van der Waals surface area contributed by atoms with E-state index in [0.29, 0.717) is 28.1 Å². The third-order valence-corrected chi connectivity index (χ3v) is 3.57. The Balaban J connectivity index is 1.83. The molecule has 0 unspecified atom stereocenters. The number of hydrogen-bond donors (Lipinski definition) is 0. The molecule has 3 aromatic rings. The zero-order valence-electron chi connectivity index (χ0n) is 12.3. The molecule has 3 rings (SSSR count). The Hall–Kier alpha value is -2.84. The number of hydrogen-bond acceptors (Lipinski definition) is 5. The van der Waals surface area contributed by atoms with Gasteiger partial charge in [0.1, 0.15) is 24.1 Å². The number of nitriles is 1. The average molecular weight is 326 g/mol. The van der Waals surface area contributed by atoms with Crippen LogP contribution in [0.5, 0.6) is 5.75 Å². The molecule has 5 nitrogen and oxygen atoms in total. The van der Waals surface area contributed by atoms with Gasteiger partial charge < -0.3 is 9.15 Å². The molecule has 0 saturated carbocycles. The van der Waals surface area contributed by atoms with Gasteiger partial charge in [0.05, 0.1) is 10.6 Å². The second-order valence-electron chi connectivity index (χ2n) is 4.75. The first-order valence-electron chi connectivity index (χ1n) is 6.88. The second-order valence-corrected chi connectivity index (χ2v) is 5.16. The highest BCUT2D eigenvalue weighted by Crippen LogP contribution is 2.28. The molecule has 0 aliphatic heterocycles. The number of ether oxygens (including phenoxy) is 1. The van der Waals surface area contributed by atoms with Gasteiger partial charge in [-0.1, -0.05) is 23.7 Å². The van der Waals surface area contributed by atoms with Crippen LogP contribution in [0.15, 0.2) is 47.0 Å². The summed E-state index contributed by atoms with van der Waals surface area (Å²) in [6.45, 7) is 1.99. The van der Waals surface area contributed by atoms with Crippen LogP contribution >= 0.6 is 11.6 Å². The molecule has 2 aromatic heterocycles. The highest BCUT2D eigenvalue weighted by atomic mass is 35.5. The fraction of sp³-hybridized carbons (Fsp3) is 0.118. The van der Waals surface area contributed by atoms with E-state index in [2.05, 4.69) is 9.97 Å². The number of rotatable bonds is 4. The van der Waals surface area contributed by atoms with E-state index < -0.39 is 0 Å². The molecule has 0 aliphatic carbocycles. The summed E-state index contributed by atoms with van der Waals surface area (Å²) in [4.78, 5) is 8.38. The summed E-state index contributed by atoms with van der Waals surface area (Å²) < 4.78 is 11.3. The van der Waals surface area contributed by atoms with Crippen LogP contribution in [0.25, 0.3) is 11.5 Å². The van der Waals surface area contributed by atoms with Gasteiger partial charge in [-0.05, 0) is 31.2 Å². The molecule has 0 atom stereocenters. The lowest BCUT2D eigenvalue weighted by Gasteiger charge is -2.04. The first-order valence-corrected chi connectivity index (χ1v) is 7.26. The third kappa shape index (κ3) is 3.17. The van der Waals surface area contributed by atoms with E-state index in [1.165, 1.54) is 0 Å². The smallest absolute Gasteiger partial charge is 0.228 e. The molecule has 0 spiro atoms. The summed E-state index contributed by atoms with van der Waals surface area (Å²) >= 11 is 6.16. The fourth-order valence-corrected chi connectivity index (χ4v) is 2.27. The number of aryl methyl sites for hydroxylation is 1. The molecular formula is C17H12ClN3O2. The van der Waals surface area contributed by atoms with Crippen molar-refractivity contribution in [1.82, 2.24) is 9.97 Å². The predicted molar refractivity (Wildman–Crippen MR) is 85.0 cm³/mol. The molecule has 23 heavy (non-hydrogen) atoms. The minimum atomic E-state index is 0.181. The topological polar surface area (TPSA) is 71.9 Å². The molecule has 0 saturated heterocycles. The highest BCUT2D eigenvalue weighted by Gasteiger charge is 2.15. The van der Waals surface area contributed by atoms with Gasteiger partial charge in [-0.3, -0.25) is 0 Å². The van der Waals surface area contributed by atoms with Crippen molar-refractivity contribution in [1.29, 1.82) is 5.26 Å². The average Bonchev–Trinajstić information content (AvgIpc) is 2.94. The van der Waals surface area contributed by atoms with Crippen LogP contribution in [0.1, 0.15) is 17.1 Å². The van der Waals surface area contributed by atoms with Crippen LogP contribution < -0.4 is 4.74 Å². The van der Waals surface area contributed by atoms with Crippen LogP contribution in [-0.4, -0.2) is 9.97 Å². The second kappa shape index (κ2) is 6.51. The van der Waals surface area contributed by atoms with E-state index in [4.69, 9.17) is 26.0 Å². The Labute approximate surface area is 138 Å². The Morgan fingerprint density at radius 3 is 2.87 bits per heavy atom. The normalized spacial score (nSPS) is 10.3. The number of benzene rings is 1. The largest absolute Gasteiger partial charge is 0.484 e. The summed E-state index contributed by atoms with van der Waals surface area (Å²) in [5.41, 5.74) is 1.61. The van der Waals surface area contributed by atoms with Crippen molar-refractivity contribution < 1.29 is 9.15 Å². The van der Waals surface area contributed by atoms with Gasteiger partial charge in [-0.15, -0.1) is 0 Å². The lowest BCUT2D eigenvalue weighted by Crippen LogP contribution is -2.00. The molecule has 0 amide bonds. The van der Waals surface area contributed by atoms with Crippen molar-refractivity contribution >= 4 is 11.6 Å². The minimum absolute atomic E-state index is 0.181. The Bertz CT molecular complexity index is 884. The molecule has 6 heteroatoms. The van der Waals surface area contributed by atoms with Crippen molar-refractivity contribution in [2.24, 2.45) is 0 Å². The standard InChI is InChI=1S/C17H12ClN3O2/c1-11-15(10-22-16-7-4-8-20-14(16)9-19)21-17(23-11)12-5-2-3-6-13(12)18/h2-8H,10H2,1H3. The maximum atomic E-state index is 9.01. The molecule has 1 aromatic carbocycles. The predicted octanol–water partition coefficient (Wildman–Crippen LogP) is 4.15. The maximum Gasteiger partial charge on any atom is 0.228 e. The monoisotopic (exact) mass is 325 g/mol. The first-order chi connectivity index (χ1) is 11.2. The van der Waals surface area contributed by atoms with Crippen LogP contribution in [0, 0.1) is 18.3 Å². The highest BCUT2D eigenvalue weighted by molar-refractivity contribution is 6.33. The van der Waals surface area contributed by atoms with Crippen LogP contribution in [0.2, 0.25) is 5.02 Å². The summed E-state index contributed by atoms with van der Waals surface area (Å²) in [6, 6.07) is 12.7. The Morgan fingerprint density at radius 2 is 2.09 bits per heavy atom. The van der Waals surface area contributed by atoms with Gasteiger partial charge in [-0.25, -0.2) is 9.97 Å². The van der Waals surface area contributed by atoms with E-state index in [1.54, 1.807) is 31.3 Å². The van der Waals surface area contributed by atoms with E-state index >= 15 is 0 Å². The molecule has 114 valence electrons. The van der Waals surface area contributed by atoms with Gasteiger partial charge in [0.2, 0.25) is 5.89 Å². The summed E-state index contributed by atoms with van der Waals surface area (Å²) in [7, 11) is 0. The van der Waals surface area contributed by atoms with Crippen molar-refractivity contribution in [3.8, 4) is 23.3 Å². The summed E-state index contributed by atoms with van der Waals surface area (Å²) in [6.07, 6.45) is 1.54. The number of nitrogens with zero attached hydrogens (tertiary/aromatic N) is 3. The quantitative estimate of drug-likeness (QED) is 0.720. The van der Waals surface area contributed by atoms with Crippen molar-refractivity contribution in [3.63, 3.8) is 0 Å². The molecule has 0 bridgehead atoms. The molecule has 2 heterocycles. The van der Waals surface area contributed by atoms with Crippen molar-refractivity contribution in [2.75, 3.05) is 0 Å². The lowest BCUT2D eigenvalue weighted by molar-refractivity contribution is 0.297.